The van der Waals surface area contributed by atoms with Crippen LogP contribution < -0.4 is 0 Å². The summed E-state index contributed by atoms with van der Waals surface area (Å²) in [5.41, 5.74) is 0.220. The van der Waals surface area contributed by atoms with Crippen molar-refractivity contribution in [2.45, 2.75) is 32.8 Å². The molecule has 0 spiro atoms. The van der Waals surface area contributed by atoms with Crippen molar-refractivity contribution >= 4 is 11.9 Å². The molecule has 0 heterocycles. The van der Waals surface area contributed by atoms with Gasteiger partial charge in [-0.3, -0.25) is 0 Å². The molecule has 0 saturated carbocycles. The van der Waals surface area contributed by atoms with Gasteiger partial charge in [0.1, 0.15) is 6.10 Å². The molecule has 1 unspecified atom stereocenters. The number of halogens is 2. The molecule has 0 radical (unpaired) electrons. The first-order chi connectivity index (χ1) is 10.1. The van der Waals surface area contributed by atoms with E-state index in [1.165, 1.54) is 20.8 Å². The van der Waals surface area contributed by atoms with Gasteiger partial charge in [-0.2, -0.15) is 8.78 Å². The predicted molar refractivity (Wildman–Crippen MR) is 73.3 cm³/mol. The molecule has 0 saturated heterocycles. The molecule has 0 amide bonds. The Morgan fingerprint density at radius 1 is 1.23 bits per heavy atom. The number of ether oxygens (including phenoxy) is 4. The Balaban J connectivity index is 4.21. The highest BCUT2D eigenvalue weighted by Crippen LogP contribution is 2.28. The van der Waals surface area contributed by atoms with Gasteiger partial charge in [-0.05, 0) is 12.8 Å². The monoisotopic (exact) mass is 324 g/mol. The van der Waals surface area contributed by atoms with Gasteiger partial charge >= 0.3 is 17.9 Å². The maximum absolute atomic E-state index is 13.8. The Hall–Kier alpha value is -1.54. The molecule has 128 valence electrons. The van der Waals surface area contributed by atoms with Crippen molar-refractivity contribution in [2.24, 2.45) is 5.92 Å². The molecule has 0 rings (SSSR count). The third kappa shape index (κ3) is 6.48. The number of carbonyl (C=O) groups is 2. The number of esters is 2. The van der Waals surface area contributed by atoms with Crippen LogP contribution in [0.25, 0.3) is 0 Å². The van der Waals surface area contributed by atoms with E-state index in [2.05, 4.69) is 16.1 Å². The lowest BCUT2D eigenvalue weighted by Gasteiger charge is -2.27. The molecule has 0 aliphatic heterocycles. The molecule has 0 aromatic rings. The summed E-state index contributed by atoms with van der Waals surface area (Å²) < 4.78 is 46.2. The maximum atomic E-state index is 13.8. The molecule has 1 atom stereocenters. The predicted octanol–water partition coefficient (Wildman–Crippen LogP) is 1.93. The first kappa shape index (κ1) is 20.5. The summed E-state index contributed by atoms with van der Waals surface area (Å²) in [4.78, 5) is 22.1. The van der Waals surface area contributed by atoms with Gasteiger partial charge in [0.15, 0.2) is 6.79 Å². The number of hydrogen-bond acceptors (Lipinski definition) is 6. The van der Waals surface area contributed by atoms with Crippen LogP contribution in [-0.4, -0.2) is 51.1 Å². The molecule has 8 heteroatoms. The minimum atomic E-state index is -3.75. The van der Waals surface area contributed by atoms with Gasteiger partial charge < -0.3 is 18.9 Å². The highest BCUT2D eigenvalue weighted by molar-refractivity contribution is 5.86. The van der Waals surface area contributed by atoms with Crippen LogP contribution in [0.1, 0.15) is 20.8 Å². The van der Waals surface area contributed by atoms with E-state index in [1.54, 1.807) is 0 Å². The van der Waals surface area contributed by atoms with Crippen molar-refractivity contribution in [3.63, 3.8) is 0 Å². The van der Waals surface area contributed by atoms with Crippen LogP contribution in [0.4, 0.5) is 8.78 Å². The van der Waals surface area contributed by atoms with E-state index in [4.69, 9.17) is 9.47 Å². The minimum absolute atomic E-state index is 0.0794. The highest BCUT2D eigenvalue weighted by atomic mass is 19.3. The summed E-state index contributed by atoms with van der Waals surface area (Å²) in [5, 5.41) is 0. The van der Waals surface area contributed by atoms with Crippen LogP contribution in [-0.2, 0) is 28.5 Å². The van der Waals surface area contributed by atoms with Crippen molar-refractivity contribution in [1.29, 1.82) is 0 Å². The lowest BCUT2D eigenvalue weighted by atomic mass is 10.0. The van der Waals surface area contributed by atoms with E-state index >= 15 is 0 Å². The fourth-order valence-electron chi connectivity index (χ4n) is 1.48. The van der Waals surface area contributed by atoms with Gasteiger partial charge in [0.2, 0.25) is 0 Å². The SMILES string of the molecule is C=C(C)C(=O)OCOCCOC(C(C)C)C(F)(F)C(=O)OC. The topological polar surface area (TPSA) is 71.1 Å². The fraction of sp³-hybridized carbons (Fsp3) is 0.714. The molecule has 0 fully saturated rings. The molecule has 22 heavy (non-hydrogen) atoms. The van der Waals surface area contributed by atoms with Gasteiger partial charge in [0.25, 0.3) is 0 Å². The third-order valence-electron chi connectivity index (χ3n) is 2.57. The summed E-state index contributed by atoms with van der Waals surface area (Å²) in [5.74, 6) is -6.63. The Morgan fingerprint density at radius 3 is 2.27 bits per heavy atom. The lowest BCUT2D eigenvalue weighted by Crippen LogP contribution is -2.47. The smallest absolute Gasteiger partial charge is 0.379 e. The quantitative estimate of drug-likeness (QED) is 0.265. The number of methoxy groups -OCH3 is 1. The second-order valence-electron chi connectivity index (χ2n) is 4.89. The molecule has 0 bridgehead atoms. The summed E-state index contributed by atoms with van der Waals surface area (Å²) in [7, 11) is 0.882. The Bertz CT molecular complexity index is 395. The Morgan fingerprint density at radius 2 is 1.82 bits per heavy atom. The van der Waals surface area contributed by atoms with Gasteiger partial charge in [-0.1, -0.05) is 20.4 Å². The van der Waals surface area contributed by atoms with E-state index in [0.717, 1.165) is 7.11 Å². The fourth-order valence-corrected chi connectivity index (χ4v) is 1.48. The number of rotatable bonds is 10. The Kier molecular flexibility index (Phi) is 8.81. The van der Waals surface area contributed by atoms with Crippen LogP contribution >= 0.6 is 0 Å². The number of alkyl halides is 2. The average molecular weight is 324 g/mol. The normalized spacial score (nSPS) is 12.9. The Labute approximate surface area is 128 Å². The summed E-state index contributed by atoms with van der Waals surface area (Å²) >= 11 is 0. The summed E-state index contributed by atoms with van der Waals surface area (Å²) in [6, 6.07) is 0. The van der Waals surface area contributed by atoms with E-state index in [9.17, 15) is 18.4 Å². The standard InChI is InChI=1S/C14H22F2O6/c1-9(2)11(14(15,16)13(18)19-5)21-7-6-20-8-22-12(17)10(3)4/h9,11H,3,6-8H2,1-2,4-5H3. The second kappa shape index (κ2) is 9.47. The van der Waals surface area contributed by atoms with Crippen molar-refractivity contribution in [1.82, 2.24) is 0 Å². The zero-order chi connectivity index (χ0) is 17.3. The van der Waals surface area contributed by atoms with E-state index in [0.29, 0.717) is 0 Å². The second-order valence-corrected chi connectivity index (χ2v) is 4.89. The van der Waals surface area contributed by atoms with Crippen LogP contribution in [0.5, 0.6) is 0 Å². The van der Waals surface area contributed by atoms with Gasteiger partial charge in [-0.25, -0.2) is 9.59 Å². The van der Waals surface area contributed by atoms with Crippen LogP contribution in [0.2, 0.25) is 0 Å². The summed E-state index contributed by atoms with van der Waals surface area (Å²) in [6.45, 7) is 7.24. The number of hydrogen-bond donors (Lipinski definition) is 0. The zero-order valence-corrected chi connectivity index (χ0v) is 13.2. The molecular formula is C14H22F2O6. The zero-order valence-electron chi connectivity index (χ0n) is 13.2. The minimum Gasteiger partial charge on any atom is -0.465 e. The largest absolute Gasteiger partial charge is 0.465 e. The maximum Gasteiger partial charge on any atom is 0.379 e. The molecular weight excluding hydrogens is 302 g/mol. The lowest BCUT2D eigenvalue weighted by molar-refractivity contribution is -0.201. The van der Waals surface area contributed by atoms with Gasteiger partial charge in [0.05, 0.1) is 20.3 Å². The van der Waals surface area contributed by atoms with Crippen molar-refractivity contribution < 1.29 is 37.3 Å². The molecule has 0 N–H and O–H groups in total. The number of carbonyl (C=O) groups excluding carboxylic acids is 2. The van der Waals surface area contributed by atoms with Crippen molar-refractivity contribution in [3.8, 4) is 0 Å². The molecule has 0 aliphatic carbocycles. The van der Waals surface area contributed by atoms with Crippen LogP contribution in [0.15, 0.2) is 12.2 Å². The molecule has 0 aliphatic rings. The van der Waals surface area contributed by atoms with Crippen molar-refractivity contribution in [3.05, 3.63) is 12.2 Å². The van der Waals surface area contributed by atoms with Crippen LogP contribution in [0, 0.1) is 5.92 Å². The van der Waals surface area contributed by atoms with Gasteiger partial charge in [-0.15, -0.1) is 0 Å². The van der Waals surface area contributed by atoms with E-state index < -0.39 is 29.9 Å². The molecule has 0 aromatic heterocycles. The van der Waals surface area contributed by atoms with E-state index in [-0.39, 0.29) is 25.6 Å². The molecule has 6 nitrogen and oxygen atoms in total. The summed E-state index contributed by atoms with van der Waals surface area (Å²) in [6.07, 6.45) is -1.64. The average Bonchev–Trinajstić information content (AvgIpc) is 2.43. The van der Waals surface area contributed by atoms with Crippen LogP contribution in [0.3, 0.4) is 0 Å². The highest BCUT2D eigenvalue weighted by Gasteiger charge is 2.50. The van der Waals surface area contributed by atoms with Gasteiger partial charge in [0, 0.05) is 5.57 Å². The van der Waals surface area contributed by atoms with E-state index in [1.807, 2.05) is 0 Å². The third-order valence-corrected chi connectivity index (χ3v) is 2.57. The van der Waals surface area contributed by atoms with Crippen molar-refractivity contribution in [2.75, 3.05) is 27.1 Å². The molecule has 0 aromatic carbocycles. The first-order valence-electron chi connectivity index (χ1n) is 6.62. The first-order valence-corrected chi connectivity index (χ1v) is 6.62.